The van der Waals surface area contributed by atoms with Crippen LogP contribution in [0.15, 0.2) is 0 Å². The number of carboxylic acids is 1. The van der Waals surface area contributed by atoms with Crippen molar-refractivity contribution in [1.29, 1.82) is 0 Å². The number of carbonyl (C=O) groups excluding carboxylic acids is 9. The molecular formula is C42H70N10O19. The predicted molar refractivity (Wildman–Crippen MR) is 240 cm³/mol. The number of primary amides is 1. The first-order valence-corrected chi connectivity index (χ1v) is 23.1. The lowest BCUT2D eigenvalue weighted by molar-refractivity contribution is -0.313. The number of carbonyl (C=O) groups is 10. The number of rotatable bonds is 27. The van der Waals surface area contributed by atoms with E-state index in [4.69, 9.17) is 40.3 Å². The van der Waals surface area contributed by atoms with Crippen LogP contribution in [-0.2, 0) is 71.6 Å². The zero-order valence-electron chi connectivity index (χ0n) is 40.5. The Labute approximate surface area is 408 Å². The van der Waals surface area contributed by atoms with Crippen molar-refractivity contribution in [3.05, 3.63) is 0 Å². The molecule has 0 aromatic rings. The van der Waals surface area contributed by atoms with Gasteiger partial charge in [0.25, 0.3) is 0 Å². The SMILES string of the molecule is CC(=O)NC1C(OC2C3COC(O3)C(NC(C)=O)C2OC(C)C(=O)NC(C)C(=O)NC(CCC(=O)NC(CCCCNC(=O)C(C)N)C(=O)NC(C)C(=O)NC(C)C(=O)O)C(N)=O)OC(CO)C(O)C1O. The summed E-state index contributed by atoms with van der Waals surface area (Å²) in [5, 5.41) is 60.0. The second kappa shape index (κ2) is 27.8. The number of amides is 9. The van der Waals surface area contributed by atoms with E-state index in [1.807, 2.05) is 0 Å². The highest BCUT2D eigenvalue weighted by molar-refractivity contribution is 5.94. The number of nitrogens with one attached hydrogen (secondary N) is 8. The highest BCUT2D eigenvalue weighted by atomic mass is 16.8. The maximum atomic E-state index is 13.6. The standard InChI is InChI=1S/C42H70N10O19/c1-16(43)35(60)45-13-9-8-10-24(39(64)47-17(2)36(61)48-19(4)40(65)66)51-27(56)12-11-23(34(44)59)52-37(62)18(3)46-38(63)20(5)68-33-29(50-22(7)55)41-67-15-26(70-41)32(33)71-42-28(49-21(6)54)31(58)30(57)25(14-53)69-42/h16-20,23-26,28-33,41-42,53,57-58H,8-15,43H2,1-7H3,(H2,44,59)(H,45,60)(H,46,63)(H,47,64)(H,48,61)(H,49,54)(H,50,55)(H,51,56)(H,52,62)(H,65,66). The van der Waals surface area contributed by atoms with Gasteiger partial charge in [-0.1, -0.05) is 0 Å². The van der Waals surface area contributed by atoms with Gasteiger partial charge in [-0.25, -0.2) is 0 Å². The normalized spacial score (nSPS) is 27.6. The molecule has 17 unspecified atom stereocenters. The van der Waals surface area contributed by atoms with E-state index >= 15 is 0 Å². The third-order valence-electron chi connectivity index (χ3n) is 11.6. The molecular weight excluding hydrogens is 949 g/mol. The van der Waals surface area contributed by atoms with Gasteiger partial charge in [0.2, 0.25) is 53.2 Å². The van der Waals surface area contributed by atoms with Crippen LogP contribution in [0, 0.1) is 0 Å². The molecule has 3 saturated heterocycles. The minimum Gasteiger partial charge on any atom is -0.480 e. The Bertz CT molecular complexity index is 1910. The molecule has 402 valence electrons. The first-order chi connectivity index (χ1) is 33.2. The lowest BCUT2D eigenvalue weighted by atomic mass is 9.95. The average Bonchev–Trinajstić information content (AvgIpc) is 3.74. The third-order valence-corrected chi connectivity index (χ3v) is 11.6. The van der Waals surface area contributed by atoms with Gasteiger partial charge in [0.15, 0.2) is 12.6 Å². The van der Waals surface area contributed by atoms with Gasteiger partial charge in [-0.2, -0.15) is 0 Å². The molecule has 3 fully saturated rings. The number of aliphatic carboxylic acids is 1. The maximum Gasteiger partial charge on any atom is 0.325 e. The average molecular weight is 1020 g/mol. The van der Waals surface area contributed by atoms with E-state index in [2.05, 4.69) is 42.5 Å². The van der Waals surface area contributed by atoms with Crippen molar-refractivity contribution < 1.29 is 92.1 Å². The smallest absolute Gasteiger partial charge is 0.325 e. The van der Waals surface area contributed by atoms with Gasteiger partial charge in [0, 0.05) is 26.8 Å². The van der Waals surface area contributed by atoms with E-state index in [1.165, 1.54) is 41.5 Å². The molecule has 3 rings (SSSR count). The van der Waals surface area contributed by atoms with Gasteiger partial charge < -0.3 is 98.1 Å². The zero-order valence-corrected chi connectivity index (χ0v) is 40.5. The lowest BCUT2D eigenvalue weighted by Crippen LogP contribution is -2.68. The fourth-order valence-corrected chi connectivity index (χ4v) is 7.54. The largest absolute Gasteiger partial charge is 0.480 e. The van der Waals surface area contributed by atoms with E-state index in [0.717, 1.165) is 6.92 Å². The third kappa shape index (κ3) is 17.9. The Kier molecular flexibility index (Phi) is 23.4. The van der Waals surface area contributed by atoms with Crippen LogP contribution in [0.2, 0.25) is 0 Å². The number of nitrogens with two attached hydrogens (primary N) is 2. The fraction of sp³-hybridized carbons (Fsp3) is 0.762. The maximum absolute atomic E-state index is 13.6. The zero-order chi connectivity index (χ0) is 53.4. The van der Waals surface area contributed by atoms with E-state index in [0.29, 0.717) is 6.42 Å². The monoisotopic (exact) mass is 1020 g/mol. The lowest BCUT2D eigenvalue weighted by Gasteiger charge is -2.47. The highest BCUT2D eigenvalue weighted by Gasteiger charge is 2.56. The van der Waals surface area contributed by atoms with E-state index in [-0.39, 0.29) is 32.4 Å². The molecule has 2 bridgehead atoms. The molecule has 3 heterocycles. The molecule has 0 aliphatic carbocycles. The second-order valence-electron chi connectivity index (χ2n) is 17.6. The van der Waals surface area contributed by atoms with Crippen molar-refractivity contribution >= 4 is 59.1 Å². The number of unbranched alkanes of at least 4 members (excludes halogenated alkanes) is 1. The van der Waals surface area contributed by atoms with Crippen molar-refractivity contribution in [2.24, 2.45) is 11.5 Å². The Balaban J connectivity index is 1.68. The summed E-state index contributed by atoms with van der Waals surface area (Å²) >= 11 is 0. The summed E-state index contributed by atoms with van der Waals surface area (Å²) in [7, 11) is 0. The summed E-state index contributed by atoms with van der Waals surface area (Å²) in [5.41, 5.74) is 11.1. The van der Waals surface area contributed by atoms with Crippen LogP contribution < -0.4 is 54.0 Å². The number of fused-ring (bicyclic) bond motifs is 2. The molecule has 0 aromatic carbocycles. The molecule has 0 radical (unpaired) electrons. The predicted octanol–water partition coefficient (Wildman–Crippen LogP) is -7.18. The van der Waals surface area contributed by atoms with Crippen LogP contribution in [0.25, 0.3) is 0 Å². The Morgan fingerprint density at radius 3 is 1.86 bits per heavy atom. The van der Waals surface area contributed by atoms with Gasteiger partial charge in [0.1, 0.15) is 85.0 Å². The van der Waals surface area contributed by atoms with E-state index in [9.17, 15) is 63.3 Å². The molecule has 3 aliphatic rings. The summed E-state index contributed by atoms with van der Waals surface area (Å²) in [5.74, 6) is -8.14. The minimum atomic E-state index is -1.68. The Morgan fingerprint density at radius 2 is 1.28 bits per heavy atom. The molecule has 3 aliphatic heterocycles. The van der Waals surface area contributed by atoms with E-state index < -0.39 is 176 Å². The van der Waals surface area contributed by atoms with Crippen LogP contribution >= 0.6 is 0 Å². The van der Waals surface area contributed by atoms with Crippen LogP contribution in [-0.4, -0.2) is 203 Å². The minimum absolute atomic E-state index is 0.0139. The van der Waals surface area contributed by atoms with Crippen molar-refractivity contribution in [3.8, 4) is 0 Å². The van der Waals surface area contributed by atoms with Gasteiger partial charge in [-0.15, -0.1) is 0 Å². The molecule has 17 atom stereocenters. The first kappa shape index (κ1) is 59.6. The summed E-state index contributed by atoms with van der Waals surface area (Å²) in [6, 6.07) is -9.84. The molecule has 0 aromatic heterocycles. The fourth-order valence-electron chi connectivity index (χ4n) is 7.54. The number of ether oxygens (including phenoxy) is 5. The number of hydrogen-bond donors (Lipinski definition) is 14. The van der Waals surface area contributed by atoms with Crippen LogP contribution in [0.4, 0.5) is 0 Å². The second-order valence-corrected chi connectivity index (χ2v) is 17.6. The molecule has 29 nitrogen and oxygen atoms in total. The van der Waals surface area contributed by atoms with Crippen molar-refractivity contribution in [2.45, 2.75) is 184 Å². The molecule has 16 N–H and O–H groups in total. The first-order valence-electron chi connectivity index (χ1n) is 23.1. The summed E-state index contributed by atoms with van der Waals surface area (Å²) < 4.78 is 29.8. The molecule has 0 saturated carbocycles. The van der Waals surface area contributed by atoms with Crippen LogP contribution in [0.1, 0.15) is 80.6 Å². The number of hydrogen-bond acceptors (Lipinski definition) is 19. The van der Waals surface area contributed by atoms with Gasteiger partial charge in [-0.05, 0) is 60.3 Å². The summed E-state index contributed by atoms with van der Waals surface area (Å²) in [4.78, 5) is 126. The number of aliphatic hydroxyl groups excluding tert-OH is 3. The number of aliphatic hydroxyl groups is 3. The van der Waals surface area contributed by atoms with Gasteiger partial charge in [-0.3, -0.25) is 47.9 Å². The van der Waals surface area contributed by atoms with Crippen molar-refractivity contribution in [2.75, 3.05) is 19.8 Å². The van der Waals surface area contributed by atoms with Gasteiger partial charge in [0.05, 0.1) is 19.3 Å². The molecule has 29 heteroatoms. The summed E-state index contributed by atoms with van der Waals surface area (Å²) in [6.07, 6.45) is -12.4. The van der Waals surface area contributed by atoms with Crippen molar-refractivity contribution in [3.63, 3.8) is 0 Å². The molecule has 71 heavy (non-hydrogen) atoms. The van der Waals surface area contributed by atoms with Crippen molar-refractivity contribution in [1.82, 2.24) is 42.5 Å². The Morgan fingerprint density at radius 1 is 0.690 bits per heavy atom. The summed E-state index contributed by atoms with van der Waals surface area (Å²) in [6.45, 7) is 8.29. The highest BCUT2D eigenvalue weighted by Crippen LogP contribution is 2.35. The topological polar surface area (TPSA) is 446 Å². The Hall–Kier alpha value is -5.66. The molecule has 9 amide bonds. The van der Waals surface area contributed by atoms with E-state index in [1.54, 1.807) is 0 Å². The van der Waals surface area contributed by atoms with Crippen LogP contribution in [0.5, 0.6) is 0 Å². The van der Waals surface area contributed by atoms with Gasteiger partial charge >= 0.3 is 5.97 Å². The number of carboxylic acid groups (broad SMARTS) is 1. The molecule has 0 spiro atoms. The quantitative estimate of drug-likeness (QED) is 0.0340. The van der Waals surface area contributed by atoms with Crippen LogP contribution in [0.3, 0.4) is 0 Å².